The van der Waals surface area contributed by atoms with Crippen LogP contribution in [0.4, 0.5) is 0 Å². The van der Waals surface area contributed by atoms with Gasteiger partial charge in [0.15, 0.2) is 59.7 Å². The number of hydrogen-bond acceptors (Lipinski definition) is 10. The lowest BCUT2D eigenvalue weighted by molar-refractivity contribution is 0.266. The normalized spacial score (nSPS) is 10.6. The average Bonchev–Trinajstić information content (AvgIpc) is 2.91. The third kappa shape index (κ3) is 5.01. The first-order valence-electron chi connectivity index (χ1n) is 9.15. The molecule has 3 atom stereocenters. The van der Waals surface area contributed by atoms with E-state index in [0.717, 1.165) is 12.4 Å². The molecule has 0 amide bonds. The number of para-hydroxylation sites is 1. The summed E-state index contributed by atoms with van der Waals surface area (Å²) in [5.41, 5.74) is -0.479. The van der Waals surface area contributed by atoms with Gasteiger partial charge in [-0.25, -0.2) is 0 Å². The zero-order valence-corrected chi connectivity index (χ0v) is 21.1. The molecule has 2 aromatic carbocycles. The summed E-state index contributed by atoms with van der Waals surface area (Å²) in [5.74, 6) is 3.97. The molecular weight excluding hydrogens is 538 g/mol. The summed E-state index contributed by atoms with van der Waals surface area (Å²) in [6.07, 6.45) is 3.60. The lowest BCUT2D eigenvalue weighted by Crippen LogP contribution is -2.08. The lowest BCUT2D eigenvalue weighted by atomic mass is 10.0. The highest BCUT2D eigenvalue weighted by Gasteiger charge is 2.21. The number of hydrogen-bond donors (Lipinski definition) is 0. The number of nitrogens with zero attached hydrogens (tertiary/aromatic N) is 11. The Bertz CT molecular complexity index is 1730. The summed E-state index contributed by atoms with van der Waals surface area (Å²) in [5, 5.41) is 67.4. The molecule has 0 saturated heterocycles. The van der Waals surface area contributed by atoms with Crippen molar-refractivity contribution < 1.29 is 9.36 Å². The molecule has 170 valence electrons. The first kappa shape index (κ1) is 25.5. The van der Waals surface area contributed by atoms with Gasteiger partial charge in [0, 0.05) is 0 Å². The molecule has 13 nitrogen and oxygen atoms in total. The second-order valence-corrected chi connectivity index (χ2v) is 12.3. The fourth-order valence-electron chi connectivity index (χ4n) is 2.53. The molecule has 36 heavy (non-hydrogen) atoms. The molecule has 0 spiro atoms. The van der Waals surface area contributed by atoms with Crippen molar-refractivity contribution in [3.8, 4) is 53.7 Å². The van der Waals surface area contributed by atoms with E-state index in [1.165, 1.54) is 12.1 Å². The van der Waals surface area contributed by atoms with Gasteiger partial charge in [-0.1, -0.05) is 22.5 Å². The summed E-state index contributed by atoms with van der Waals surface area (Å²) in [4.78, 5) is 5.90. The van der Waals surface area contributed by atoms with Crippen LogP contribution in [0.5, 0.6) is 11.5 Å². The van der Waals surface area contributed by atoms with Gasteiger partial charge in [-0.2, -0.15) is 45.0 Å². The molecule has 0 saturated carbocycles. The van der Waals surface area contributed by atoms with Gasteiger partial charge in [-0.15, -0.1) is 4.51 Å². The quantitative estimate of drug-likeness (QED) is 0.433. The second kappa shape index (κ2) is 11.8. The van der Waals surface area contributed by atoms with Gasteiger partial charge in [-0.05, 0) is 24.3 Å². The Labute approximate surface area is 208 Å². The SMILES string of the molecule is N#Cc1ccc(Op2npn(C#N)p(C#N)n(C#N)p(C#N)n2Oc2ccccc2)c(C#N)c1C#N. The van der Waals surface area contributed by atoms with Crippen LogP contribution in [-0.4, -0.2) is 16.9 Å². The van der Waals surface area contributed by atoms with Crippen LogP contribution in [0.3, 0.4) is 0 Å². The van der Waals surface area contributed by atoms with Gasteiger partial charge in [0.05, 0.1) is 11.1 Å². The van der Waals surface area contributed by atoms with Crippen molar-refractivity contribution in [2.24, 2.45) is 0 Å². The summed E-state index contributed by atoms with van der Waals surface area (Å²) in [6.45, 7) is 0. The summed E-state index contributed by atoms with van der Waals surface area (Å²) >= 11 is 0. The smallest absolute Gasteiger partial charge is 0.303 e. The Balaban J connectivity index is 2.45. The highest BCUT2D eigenvalue weighted by molar-refractivity contribution is 7.65. The molecule has 3 rings (SSSR count). The third-order valence-corrected chi connectivity index (χ3v) is 10.8. The van der Waals surface area contributed by atoms with Gasteiger partial charge in [0.2, 0.25) is 0 Å². The van der Waals surface area contributed by atoms with Crippen molar-refractivity contribution in [3.05, 3.63) is 59.2 Å². The van der Waals surface area contributed by atoms with Crippen molar-refractivity contribution in [2.75, 3.05) is 0 Å². The Morgan fingerprint density at radius 3 is 2.03 bits per heavy atom. The molecule has 1 aromatic heterocycles. The van der Waals surface area contributed by atoms with E-state index in [1.54, 1.807) is 48.8 Å². The van der Waals surface area contributed by atoms with Crippen molar-refractivity contribution in [1.82, 2.24) is 16.9 Å². The van der Waals surface area contributed by atoms with Gasteiger partial charge in [0.25, 0.3) is 0 Å². The van der Waals surface area contributed by atoms with E-state index >= 15 is 0 Å². The van der Waals surface area contributed by atoms with Gasteiger partial charge >= 0.3 is 8.08 Å². The van der Waals surface area contributed by atoms with E-state index in [2.05, 4.69) is 4.51 Å². The zero-order chi connectivity index (χ0) is 26.1. The topological polar surface area (TPSA) is 213 Å². The minimum absolute atomic E-state index is 0.0375. The largest absolute Gasteiger partial charge is 0.413 e. The van der Waals surface area contributed by atoms with E-state index in [4.69, 9.17) is 9.36 Å². The van der Waals surface area contributed by atoms with Crippen LogP contribution >= 0.6 is 32.3 Å². The van der Waals surface area contributed by atoms with E-state index in [1.807, 2.05) is 23.8 Å². The van der Waals surface area contributed by atoms with E-state index in [-0.39, 0.29) is 36.7 Å². The Morgan fingerprint density at radius 1 is 0.778 bits per heavy atom. The van der Waals surface area contributed by atoms with Crippen LogP contribution in [-0.2, 0) is 0 Å². The number of rotatable bonds is 4. The minimum atomic E-state index is -2.40. The first-order valence-corrected chi connectivity index (χ1v) is 13.6. The average molecular weight is 545 g/mol. The maximum absolute atomic E-state index is 10.0. The van der Waals surface area contributed by atoms with Gasteiger partial charge in [0.1, 0.15) is 23.8 Å². The summed E-state index contributed by atoms with van der Waals surface area (Å²) < 4.78 is 13.1. The van der Waals surface area contributed by atoms with E-state index < -0.39 is 23.8 Å². The highest BCUT2D eigenvalue weighted by atomic mass is 31.2. The van der Waals surface area contributed by atoms with Crippen molar-refractivity contribution in [3.63, 3.8) is 0 Å². The van der Waals surface area contributed by atoms with Crippen LogP contribution in [0.1, 0.15) is 16.7 Å². The highest BCUT2D eigenvalue weighted by Crippen LogP contribution is 2.43. The van der Waals surface area contributed by atoms with Gasteiger partial charge < -0.3 is 9.36 Å². The van der Waals surface area contributed by atoms with Crippen molar-refractivity contribution >= 4 is 32.3 Å². The molecule has 0 bridgehead atoms. The number of benzene rings is 2. The molecule has 1 heterocycles. The van der Waals surface area contributed by atoms with Crippen LogP contribution in [0.15, 0.2) is 42.5 Å². The van der Waals surface area contributed by atoms with Crippen molar-refractivity contribution in [1.29, 1.82) is 36.8 Å². The minimum Gasteiger partial charge on any atom is -0.413 e. The standard InChI is InChI=1S/C19H7N11O2P4/c20-8-15-6-7-19(18(10-22)17(15)9-21)32-36-27-33-28(11-23)34(13-25)29(12-24)35(14-26)30(36)31-16-4-2-1-3-5-16/h1-7H. The maximum atomic E-state index is 10.0. The molecule has 0 N–H and O–H groups in total. The maximum Gasteiger partial charge on any atom is 0.303 e. The van der Waals surface area contributed by atoms with Crippen LogP contribution < -0.4 is 9.36 Å². The molecule has 0 aliphatic heterocycles. The predicted octanol–water partition coefficient (Wildman–Crippen LogP) is 4.89. The van der Waals surface area contributed by atoms with E-state index in [0.29, 0.717) is 0 Å². The van der Waals surface area contributed by atoms with E-state index in [9.17, 15) is 36.8 Å². The molecule has 0 aliphatic rings. The Hall–Kier alpha value is -5.13. The molecule has 0 radical (unpaired) electrons. The third-order valence-electron chi connectivity index (χ3n) is 4.03. The van der Waals surface area contributed by atoms with Crippen LogP contribution in [0.2, 0.25) is 0 Å². The Kier molecular flexibility index (Phi) is 8.38. The zero-order valence-electron chi connectivity index (χ0n) is 17.6. The van der Waals surface area contributed by atoms with Gasteiger partial charge in [-0.3, -0.25) is 0 Å². The number of nitriles is 7. The summed E-state index contributed by atoms with van der Waals surface area (Å²) in [6, 6.07) is 16.3. The molecule has 0 fully saturated rings. The fraction of sp³-hybridized carbons (Fsp3) is 0. The molecule has 3 unspecified atom stereocenters. The molecule has 17 heteroatoms. The first-order chi connectivity index (χ1) is 17.6. The van der Waals surface area contributed by atoms with Crippen molar-refractivity contribution in [2.45, 2.75) is 0 Å². The predicted molar refractivity (Wildman–Crippen MR) is 127 cm³/mol. The molecular formula is C19H7N11O2P4. The lowest BCUT2D eigenvalue weighted by Gasteiger charge is -2.16. The molecule has 0 aliphatic carbocycles. The number of aromatic nitrogens is 4. The van der Waals surface area contributed by atoms with Crippen LogP contribution in [0.25, 0.3) is 0 Å². The summed E-state index contributed by atoms with van der Waals surface area (Å²) in [7, 11) is -7.08. The second-order valence-electron chi connectivity index (χ2n) is 5.93. The fourth-order valence-corrected chi connectivity index (χ4v) is 9.27. The monoisotopic (exact) mass is 545 g/mol. The van der Waals surface area contributed by atoms with Crippen LogP contribution in [0, 0.1) is 79.0 Å². The molecule has 3 aromatic rings. The Morgan fingerprint density at radius 2 is 1.47 bits per heavy atom.